The molecule has 3 aromatic carbocycles. The predicted molar refractivity (Wildman–Crippen MR) is 147 cm³/mol. The third kappa shape index (κ3) is 6.80. The van der Waals surface area contributed by atoms with Crippen LogP contribution in [0.1, 0.15) is 55.8 Å². The van der Waals surface area contributed by atoms with Gasteiger partial charge in [0.1, 0.15) is 17.6 Å². The summed E-state index contributed by atoms with van der Waals surface area (Å²) >= 11 is 0. The molecule has 1 fully saturated rings. The van der Waals surface area contributed by atoms with Gasteiger partial charge in [-0.2, -0.15) is 0 Å². The van der Waals surface area contributed by atoms with Crippen molar-refractivity contribution in [1.82, 2.24) is 9.80 Å². The molecule has 4 rings (SSSR count). The fourth-order valence-electron chi connectivity index (χ4n) is 5.19. The summed E-state index contributed by atoms with van der Waals surface area (Å²) in [7, 11) is 1.63. The van der Waals surface area contributed by atoms with Crippen molar-refractivity contribution < 1.29 is 18.7 Å². The van der Waals surface area contributed by atoms with E-state index >= 15 is 0 Å². The average molecular weight is 517 g/mol. The van der Waals surface area contributed by atoms with E-state index in [9.17, 15) is 14.0 Å². The first-order chi connectivity index (χ1) is 18.4. The Morgan fingerprint density at radius 1 is 0.974 bits per heavy atom. The van der Waals surface area contributed by atoms with Crippen LogP contribution >= 0.6 is 0 Å². The maximum absolute atomic E-state index is 14.5. The minimum absolute atomic E-state index is 0.0129. The quantitative estimate of drug-likeness (QED) is 0.359. The molecule has 0 unspecified atom stereocenters. The van der Waals surface area contributed by atoms with E-state index in [-0.39, 0.29) is 29.6 Å². The topological polar surface area (TPSA) is 49.9 Å². The van der Waals surface area contributed by atoms with Gasteiger partial charge < -0.3 is 14.5 Å². The van der Waals surface area contributed by atoms with Crippen LogP contribution in [-0.2, 0) is 22.6 Å². The minimum atomic E-state index is -0.620. The molecule has 1 heterocycles. The molecule has 6 heteroatoms. The van der Waals surface area contributed by atoms with E-state index in [0.29, 0.717) is 32.4 Å². The first-order valence-electron chi connectivity index (χ1n) is 13.4. The van der Waals surface area contributed by atoms with Gasteiger partial charge in [0.25, 0.3) is 0 Å². The van der Waals surface area contributed by atoms with E-state index in [2.05, 4.69) is 0 Å². The molecule has 0 spiro atoms. The molecule has 1 aliphatic heterocycles. The minimum Gasteiger partial charge on any atom is -0.497 e. The Kier molecular flexibility index (Phi) is 9.16. The van der Waals surface area contributed by atoms with Gasteiger partial charge in [-0.05, 0) is 59.7 Å². The van der Waals surface area contributed by atoms with E-state index in [1.165, 1.54) is 12.1 Å². The molecule has 5 nitrogen and oxygen atoms in total. The highest BCUT2D eigenvalue weighted by molar-refractivity contribution is 5.88. The van der Waals surface area contributed by atoms with Crippen LogP contribution in [0.25, 0.3) is 0 Å². The number of rotatable bonds is 8. The van der Waals surface area contributed by atoms with Crippen molar-refractivity contribution in [2.24, 2.45) is 5.92 Å². The second-order valence-corrected chi connectivity index (χ2v) is 10.4. The molecule has 1 saturated heterocycles. The zero-order valence-electron chi connectivity index (χ0n) is 22.5. The van der Waals surface area contributed by atoms with E-state index in [1.54, 1.807) is 24.1 Å². The van der Waals surface area contributed by atoms with Crippen LogP contribution in [0.15, 0.2) is 78.9 Å². The predicted octanol–water partition coefficient (Wildman–Crippen LogP) is 6.18. The number of nitrogens with zero attached hydrogens (tertiary/aromatic N) is 2. The number of carbonyl (C=O) groups is 2. The normalized spacial score (nSPS) is 18.3. The summed E-state index contributed by atoms with van der Waals surface area (Å²) in [5.41, 5.74) is 2.87. The summed E-state index contributed by atoms with van der Waals surface area (Å²) in [6.07, 6.45) is 2.32. The Morgan fingerprint density at radius 2 is 1.66 bits per heavy atom. The second-order valence-electron chi connectivity index (χ2n) is 10.4. The van der Waals surface area contributed by atoms with Gasteiger partial charge in [-0.3, -0.25) is 9.59 Å². The van der Waals surface area contributed by atoms with Crippen molar-refractivity contribution >= 4 is 11.8 Å². The summed E-state index contributed by atoms with van der Waals surface area (Å²) < 4.78 is 19.0. The lowest BCUT2D eigenvalue weighted by molar-refractivity contribution is -0.150. The second kappa shape index (κ2) is 12.7. The van der Waals surface area contributed by atoms with Crippen molar-refractivity contribution in [3.63, 3.8) is 0 Å². The fraction of sp³-hybridized carbons (Fsp3) is 0.375. The first-order valence-corrected chi connectivity index (χ1v) is 13.4. The lowest BCUT2D eigenvalue weighted by Crippen LogP contribution is -2.54. The number of benzene rings is 3. The summed E-state index contributed by atoms with van der Waals surface area (Å²) in [6.45, 7) is 4.91. The monoisotopic (exact) mass is 516 g/mol. The molecule has 3 aromatic rings. The zero-order chi connectivity index (χ0) is 27.1. The molecule has 0 radical (unpaired) electrons. The zero-order valence-corrected chi connectivity index (χ0v) is 22.5. The lowest BCUT2D eigenvalue weighted by atomic mass is 9.93. The van der Waals surface area contributed by atoms with E-state index in [4.69, 9.17) is 4.74 Å². The van der Waals surface area contributed by atoms with Crippen molar-refractivity contribution in [1.29, 1.82) is 0 Å². The number of amides is 2. The lowest BCUT2D eigenvalue weighted by Gasteiger charge is -2.42. The summed E-state index contributed by atoms with van der Waals surface area (Å²) in [5, 5.41) is 0. The van der Waals surface area contributed by atoms with Gasteiger partial charge in [-0.15, -0.1) is 0 Å². The van der Waals surface area contributed by atoms with E-state index in [1.807, 2.05) is 73.3 Å². The van der Waals surface area contributed by atoms with Crippen LogP contribution in [0.2, 0.25) is 0 Å². The molecule has 2 amide bonds. The maximum atomic E-state index is 14.5. The molecule has 0 saturated carbocycles. The van der Waals surface area contributed by atoms with Gasteiger partial charge in [-0.1, -0.05) is 68.4 Å². The Morgan fingerprint density at radius 3 is 2.29 bits per heavy atom. The summed E-state index contributed by atoms with van der Waals surface area (Å²) in [5.74, 6) is 0.563. The first kappa shape index (κ1) is 27.4. The highest BCUT2D eigenvalue weighted by Crippen LogP contribution is 2.33. The van der Waals surface area contributed by atoms with Crippen LogP contribution in [0.4, 0.5) is 4.39 Å². The van der Waals surface area contributed by atoms with Gasteiger partial charge in [0, 0.05) is 25.9 Å². The van der Waals surface area contributed by atoms with Crippen LogP contribution in [0, 0.1) is 11.7 Å². The smallest absolute Gasteiger partial charge is 0.246 e. The molecular weight excluding hydrogens is 479 g/mol. The van der Waals surface area contributed by atoms with E-state index < -0.39 is 6.04 Å². The third-order valence-corrected chi connectivity index (χ3v) is 7.14. The Hall–Kier alpha value is -3.67. The van der Waals surface area contributed by atoms with Gasteiger partial charge in [-0.25, -0.2) is 4.39 Å². The van der Waals surface area contributed by atoms with Gasteiger partial charge in [0.15, 0.2) is 0 Å². The fourth-order valence-corrected chi connectivity index (χ4v) is 5.19. The van der Waals surface area contributed by atoms with Crippen molar-refractivity contribution in [2.45, 2.75) is 58.2 Å². The molecule has 1 aliphatic rings. The molecule has 0 bridgehead atoms. The van der Waals surface area contributed by atoms with Crippen molar-refractivity contribution in [3.8, 4) is 5.75 Å². The number of ether oxygens (including phenoxy) is 1. The van der Waals surface area contributed by atoms with Crippen LogP contribution in [0.3, 0.4) is 0 Å². The molecule has 0 N–H and O–H groups in total. The Balaban J connectivity index is 1.75. The van der Waals surface area contributed by atoms with Crippen LogP contribution in [0.5, 0.6) is 5.75 Å². The molecule has 0 aliphatic carbocycles. The number of hydrogen-bond donors (Lipinski definition) is 0. The molecule has 200 valence electrons. The van der Waals surface area contributed by atoms with Crippen LogP contribution < -0.4 is 4.74 Å². The number of methoxy groups -OCH3 is 1. The van der Waals surface area contributed by atoms with Crippen molar-refractivity contribution in [2.75, 3.05) is 13.7 Å². The van der Waals surface area contributed by atoms with Crippen LogP contribution in [-0.4, -0.2) is 41.3 Å². The highest BCUT2D eigenvalue weighted by Gasteiger charge is 2.38. The molecule has 2 atom stereocenters. The third-order valence-electron chi connectivity index (χ3n) is 7.14. The highest BCUT2D eigenvalue weighted by atomic mass is 19.1. The molecule has 0 aromatic heterocycles. The van der Waals surface area contributed by atoms with Gasteiger partial charge in [0.2, 0.25) is 11.8 Å². The average Bonchev–Trinajstić information content (AvgIpc) is 2.91. The number of halogens is 1. The summed E-state index contributed by atoms with van der Waals surface area (Å²) in [6, 6.07) is 23.2. The maximum Gasteiger partial charge on any atom is 0.246 e. The Bertz CT molecular complexity index is 1200. The molecular formula is C32H37FN2O3. The SMILES string of the molecule is COc1ccc([C@H]2CCCN(C(=O)CC(C)C)[C@H](Cc3ccccc3)C(=O)N2Cc2ccc(F)cc2)cc1. The summed E-state index contributed by atoms with van der Waals surface area (Å²) in [4.78, 5) is 31.6. The van der Waals surface area contributed by atoms with E-state index in [0.717, 1.165) is 28.9 Å². The standard InChI is InChI=1S/C32H37FN2O3/c1-23(2)20-31(36)34-19-7-10-29(26-13-17-28(38-3)18-14-26)35(22-25-11-15-27(33)16-12-25)32(37)30(34)21-24-8-5-4-6-9-24/h4-6,8-9,11-18,23,29-30H,7,10,19-22H2,1-3H3/t29-,30-/m1/s1. The molecule has 38 heavy (non-hydrogen) atoms. The number of carbonyl (C=O) groups excluding carboxylic acids is 2. The van der Waals surface area contributed by atoms with Gasteiger partial charge >= 0.3 is 0 Å². The largest absolute Gasteiger partial charge is 0.497 e. The Labute approximate surface area is 225 Å². The van der Waals surface area contributed by atoms with Crippen molar-refractivity contribution in [3.05, 3.63) is 101 Å². The van der Waals surface area contributed by atoms with Gasteiger partial charge in [0.05, 0.1) is 13.2 Å². The number of hydrogen-bond acceptors (Lipinski definition) is 3.